The summed E-state index contributed by atoms with van der Waals surface area (Å²) in [6.07, 6.45) is 2.01. The first-order chi connectivity index (χ1) is 10.2. The molecule has 1 heterocycles. The molecule has 1 aliphatic heterocycles. The van der Waals surface area contributed by atoms with E-state index in [2.05, 4.69) is 15.9 Å². The zero-order valence-corrected chi connectivity index (χ0v) is 13.2. The van der Waals surface area contributed by atoms with Gasteiger partial charge >= 0.3 is 5.97 Å². The van der Waals surface area contributed by atoms with Crippen molar-refractivity contribution in [1.29, 1.82) is 0 Å². The number of thioether (sulfide) groups is 1. The van der Waals surface area contributed by atoms with Gasteiger partial charge in [0.2, 0.25) is 0 Å². The molecule has 1 saturated heterocycles. The third-order valence-electron chi connectivity index (χ3n) is 3.19. The Balaban J connectivity index is 3.14. The lowest BCUT2D eigenvalue weighted by Crippen LogP contribution is -2.64. The quantitative estimate of drug-likeness (QED) is 0.270. The Bertz CT molecular complexity index is 542. The molecular formula is C13H17N3O5S. The van der Waals surface area contributed by atoms with Gasteiger partial charge in [-0.1, -0.05) is 22.8 Å². The zero-order valence-electron chi connectivity index (χ0n) is 12.4. The van der Waals surface area contributed by atoms with E-state index in [4.69, 9.17) is 21.4 Å². The van der Waals surface area contributed by atoms with Crippen molar-refractivity contribution in [2.45, 2.75) is 50.7 Å². The second kappa shape index (κ2) is 7.51. The van der Waals surface area contributed by atoms with Crippen molar-refractivity contribution in [3.63, 3.8) is 0 Å². The molecule has 0 spiro atoms. The van der Waals surface area contributed by atoms with Crippen molar-refractivity contribution in [1.82, 2.24) is 0 Å². The Morgan fingerprint density at radius 3 is 2.68 bits per heavy atom. The molecule has 1 fully saturated rings. The number of ether oxygens (including phenoxy) is 2. The first kappa shape index (κ1) is 18.3. The van der Waals surface area contributed by atoms with Crippen LogP contribution in [0.4, 0.5) is 0 Å². The minimum Gasteiger partial charge on any atom is -0.458 e. The van der Waals surface area contributed by atoms with Crippen LogP contribution >= 0.6 is 11.8 Å². The lowest BCUT2D eigenvalue weighted by atomic mass is 9.85. The van der Waals surface area contributed by atoms with E-state index >= 15 is 0 Å². The Morgan fingerprint density at radius 2 is 2.23 bits per heavy atom. The molecular weight excluding hydrogens is 310 g/mol. The summed E-state index contributed by atoms with van der Waals surface area (Å²) in [7, 11) is 0. The van der Waals surface area contributed by atoms with Gasteiger partial charge in [-0.15, -0.1) is 6.42 Å². The van der Waals surface area contributed by atoms with Crippen LogP contribution in [0.1, 0.15) is 20.8 Å². The standard InChI is InChI=1S/C13H17N3O5S/c1-5-9-11(20-7(2)17)10(15-16-14)12(19)13(4,21-9)6-22-8(3)18/h1,9-12,19H,6H2,2-4H3. The van der Waals surface area contributed by atoms with Crippen LogP contribution in [0.5, 0.6) is 0 Å². The van der Waals surface area contributed by atoms with Gasteiger partial charge in [-0.3, -0.25) is 9.59 Å². The molecule has 0 amide bonds. The minimum atomic E-state index is -1.29. The molecule has 0 aromatic heterocycles. The summed E-state index contributed by atoms with van der Waals surface area (Å²) in [6, 6.07) is -1.11. The van der Waals surface area contributed by atoms with Crippen LogP contribution < -0.4 is 0 Å². The summed E-state index contributed by atoms with van der Waals surface area (Å²) in [5.41, 5.74) is 7.47. The van der Waals surface area contributed by atoms with Crippen LogP contribution in [-0.4, -0.2) is 51.9 Å². The number of aliphatic hydroxyl groups is 1. The first-order valence-corrected chi connectivity index (χ1v) is 7.40. The van der Waals surface area contributed by atoms with E-state index in [9.17, 15) is 14.7 Å². The Morgan fingerprint density at radius 1 is 1.59 bits per heavy atom. The van der Waals surface area contributed by atoms with Gasteiger partial charge in [-0.2, -0.15) is 0 Å². The Kier molecular flexibility index (Phi) is 6.26. The monoisotopic (exact) mass is 327 g/mol. The minimum absolute atomic E-state index is 0.117. The maximum Gasteiger partial charge on any atom is 0.303 e. The van der Waals surface area contributed by atoms with Crippen LogP contribution in [0.15, 0.2) is 5.11 Å². The highest BCUT2D eigenvalue weighted by Gasteiger charge is 2.52. The molecule has 1 N–H and O–H groups in total. The van der Waals surface area contributed by atoms with Crippen LogP contribution in [0.2, 0.25) is 0 Å². The number of carbonyl (C=O) groups excluding carboxylic acids is 2. The van der Waals surface area contributed by atoms with Gasteiger partial charge in [0.1, 0.15) is 11.6 Å². The van der Waals surface area contributed by atoms with Crippen molar-refractivity contribution >= 4 is 22.8 Å². The summed E-state index contributed by atoms with van der Waals surface area (Å²) in [6.45, 7) is 4.11. The van der Waals surface area contributed by atoms with Gasteiger partial charge in [0, 0.05) is 24.5 Å². The Labute approximate surface area is 132 Å². The molecule has 120 valence electrons. The fourth-order valence-electron chi connectivity index (χ4n) is 2.15. The molecule has 0 aromatic carbocycles. The average Bonchev–Trinajstić information content (AvgIpc) is 2.44. The molecule has 1 rings (SSSR count). The van der Waals surface area contributed by atoms with Crippen molar-refractivity contribution in [3.8, 4) is 12.3 Å². The van der Waals surface area contributed by atoms with E-state index in [0.717, 1.165) is 11.8 Å². The predicted octanol–water partition coefficient (Wildman–Crippen LogP) is 1.03. The van der Waals surface area contributed by atoms with E-state index in [1.54, 1.807) is 6.92 Å². The summed E-state index contributed by atoms with van der Waals surface area (Å²) in [4.78, 5) is 25.0. The fourth-order valence-corrected chi connectivity index (χ4v) is 2.88. The third kappa shape index (κ3) is 4.15. The highest BCUT2D eigenvalue weighted by molar-refractivity contribution is 8.13. The van der Waals surface area contributed by atoms with Gasteiger partial charge in [-0.05, 0) is 12.5 Å². The summed E-state index contributed by atoms with van der Waals surface area (Å²) < 4.78 is 10.7. The smallest absolute Gasteiger partial charge is 0.303 e. The van der Waals surface area contributed by atoms with Crippen LogP contribution in [-0.2, 0) is 19.1 Å². The first-order valence-electron chi connectivity index (χ1n) is 6.42. The maximum absolute atomic E-state index is 11.2. The number of carbonyl (C=O) groups is 2. The van der Waals surface area contributed by atoms with E-state index < -0.39 is 35.9 Å². The molecule has 0 bridgehead atoms. The molecule has 8 nitrogen and oxygen atoms in total. The number of hydrogen-bond donors (Lipinski definition) is 1. The van der Waals surface area contributed by atoms with Gasteiger partial charge < -0.3 is 14.6 Å². The SMILES string of the molecule is C#CC1OC(C)(CSC(C)=O)C(O)C(N=[N+]=[N-])C1OC(C)=O. The third-order valence-corrected chi connectivity index (χ3v) is 4.32. The van der Waals surface area contributed by atoms with Crippen LogP contribution in [0.25, 0.3) is 10.4 Å². The van der Waals surface area contributed by atoms with E-state index in [1.165, 1.54) is 13.8 Å². The maximum atomic E-state index is 11.2. The molecule has 22 heavy (non-hydrogen) atoms. The van der Waals surface area contributed by atoms with Gasteiger partial charge in [0.05, 0.1) is 6.10 Å². The van der Waals surface area contributed by atoms with Crippen LogP contribution in [0, 0.1) is 12.3 Å². The average molecular weight is 327 g/mol. The normalized spacial score (nSPS) is 34.1. The molecule has 0 saturated carbocycles. The molecule has 0 radical (unpaired) electrons. The van der Waals surface area contributed by atoms with Crippen LogP contribution in [0.3, 0.4) is 0 Å². The molecule has 9 heteroatoms. The lowest BCUT2D eigenvalue weighted by Gasteiger charge is -2.47. The number of esters is 1. The fraction of sp³-hybridized carbons (Fsp3) is 0.692. The molecule has 1 aliphatic rings. The number of hydrogen-bond acceptors (Lipinski definition) is 7. The van der Waals surface area contributed by atoms with Crippen molar-refractivity contribution in [2.75, 3.05) is 5.75 Å². The van der Waals surface area contributed by atoms with E-state index in [0.29, 0.717) is 0 Å². The number of terminal acetylenes is 1. The van der Waals surface area contributed by atoms with Gasteiger partial charge in [0.25, 0.3) is 0 Å². The Hall–Kier alpha value is -1.72. The number of rotatable bonds is 4. The predicted molar refractivity (Wildman–Crippen MR) is 79.7 cm³/mol. The molecule has 0 aliphatic carbocycles. The van der Waals surface area contributed by atoms with Gasteiger partial charge in [-0.25, -0.2) is 0 Å². The second-order valence-electron chi connectivity index (χ2n) is 5.01. The lowest BCUT2D eigenvalue weighted by molar-refractivity contribution is -0.212. The number of nitrogens with zero attached hydrogens (tertiary/aromatic N) is 3. The summed E-state index contributed by atoms with van der Waals surface area (Å²) in [5, 5.41) is 13.8. The highest BCUT2D eigenvalue weighted by atomic mass is 32.2. The summed E-state index contributed by atoms with van der Waals surface area (Å²) >= 11 is 0.953. The van der Waals surface area contributed by atoms with E-state index in [1.807, 2.05) is 0 Å². The molecule has 5 unspecified atom stereocenters. The van der Waals surface area contributed by atoms with Crippen molar-refractivity contribution in [2.24, 2.45) is 5.11 Å². The van der Waals surface area contributed by atoms with E-state index in [-0.39, 0.29) is 10.9 Å². The number of aliphatic hydroxyl groups excluding tert-OH is 1. The van der Waals surface area contributed by atoms with Gasteiger partial charge in [0.15, 0.2) is 17.3 Å². The largest absolute Gasteiger partial charge is 0.458 e. The number of azide groups is 1. The topological polar surface area (TPSA) is 122 Å². The highest BCUT2D eigenvalue weighted by Crippen LogP contribution is 2.35. The van der Waals surface area contributed by atoms with Crippen molar-refractivity contribution < 1.29 is 24.2 Å². The molecule has 5 atom stereocenters. The second-order valence-corrected chi connectivity index (χ2v) is 6.16. The zero-order chi connectivity index (χ0) is 16.9. The molecule has 0 aromatic rings. The van der Waals surface area contributed by atoms with Crippen molar-refractivity contribution in [3.05, 3.63) is 10.4 Å². The summed E-state index contributed by atoms with van der Waals surface area (Å²) in [5.74, 6) is 1.80.